The van der Waals surface area contributed by atoms with Crippen LogP contribution in [0.2, 0.25) is 0 Å². The van der Waals surface area contributed by atoms with E-state index in [1.807, 2.05) is 39.8 Å². The zero-order valence-electron chi connectivity index (χ0n) is 19.1. The first-order chi connectivity index (χ1) is 15.5. The van der Waals surface area contributed by atoms with Crippen LogP contribution in [0.4, 0.5) is 11.6 Å². The molecule has 1 aromatic heterocycles. The molecule has 3 rings (SSSR count). The van der Waals surface area contributed by atoms with Gasteiger partial charge in [-0.25, -0.2) is 9.97 Å². The molecule has 0 unspecified atom stereocenters. The predicted octanol–water partition coefficient (Wildman–Crippen LogP) is 4.95. The third-order valence-corrected chi connectivity index (χ3v) is 6.31. The lowest BCUT2D eigenvalue weighted by molar-refractivity contribution is 0.485. The van der Waals surface area contributed by atoms with Crippen LogP contribution in [0.5, 0.6) is 5.75 Å². The minimum absolute atomic E-state index is 0.0791. The van der Waals surface area contributed by atoms with Crippen LogP contribution in [-0.2, 0) is 10.1 Å². The largest absolute Gasteiger partial charge is 0.378 e. The SMILES string of the molecule is Cc1ccc(S(=O)(=O)Oc2ccc(Br)cc2C=NNc2cc(N(C)C)nc(C(C)C)n2)cc1. The van der Waals surface area contributed by atoms with Crippen molar-refractivity contribution in [2.45, 2.75) is 31.6 Å². The smallest absolute Gasteiger partial charge is 0.339 e. The molecule has 33 heavy (non-hydrogen) atoms. The maximum absolute atomic E-state index is 12.7. The first kappa shape index (κ1) is 24.7. The van der Waals surface area contributed by atoms with Gasteiger partial charge in [-0.15, -0.1) is 0 Å². The monoisotopic (exact) mass is 531 g/mol. The quantitative estimate of drug-likeness (QED) is 0.249. The van der Waals surface area contributed by atoms with Crippen LogP contribution < -0.4 is 14.5 Å². The molecule has 0 saturated heterocycles. The van der Waals surface area contributed by atoms with Crippen LogP contribution in [0.1, 0.15) is 36.7 Å². The highest BCUT2D eigenvalue weighted by molar-refractivity contribution is 9.10. The number of hydrogen-bond acceptors (Lipinski definition) is 8. The third-order valence-electron chi connectivity index (χ3n) is 4.57. The Labute approximate surface area is 203 Å². The van der Waals surface area contributed by atoms with Crippen molar-refractivity contribution >= 4 is 43.9 Å². The average molecular weight is 532 g/mol. The molecule has 0 atom stereocenters. The van der Waals surface area contributed by atoms with Crippen molar-refractivity contribution in [1.82, 2.24) is 9.97 Å². The number of nitrogens with one attached hydrogen (secondary N) is 1. The van der Waals surface area contributed by atoms with Gasteiger partial charge in [-0.05, 0) is 37.3 Å². The van der Waals surface area contributed by atoms with E-state index in [1.165, 1.54) is 18.3 Å². The molecule has 1 heterocycles. The van der Waals surface area contributed by atoms with E-state index in [4.69, 9.17) is 4.18 Å². The Kier molecular flexibility index (Phi) is 7.70. The normalized spacial score (nSPS) is 11.7. The van der Waals surface area contributed by atoms with Crippen molar-refractivity contribution in [1.29, 1.82) is 0 Å². The second kappa shape index (κ2) is 10.3. The van der Waals surface area contributed by atoms with Gasteiger partial charge >= 0.3 is 10.1 Å². The molecule has 0 saturated carbocycles. The fourth-order valence-electron chi connectivity index (χ4n) is 2.73. The van der Waals surface area contributed by atoms with Crippen molar-refractivity contribution in [3.05, 3.63) is 70.0 Å². The Morgan fingerprint density at radius 2 is 1.79 bits per heavy atom. The molecule has 174 valence electrons. The molecular formula is C23H26BrN5O3S. The second-order valence-electron chi connectivity index (χ2n) is 7.92. The highest BCUT2D eigenvalue weighted by Gasteiger charge is 2.18. The minimum atomic E-state index is -4.00. The first-order valence-electron chi connectivity index (χ1n) is 10.2. The van der Waals surface area contributed by atoms with Gasteiger partial charge in [-0.2, -0.15) is 13.5 Å². The van der Waals surface area contributed by atoms with Crippen LogP contribution >= 0.6 is 15.9 Å². The zero-order valence-corrected chi connectivity index (χ0v) is 21.5. The summed E-state index contributed by atoms with van der Waals surface area (Å²) >= 11 is 3.40. The highest BCUT2D eigenvalue weighted by atomic mass is 79.9. The number of aryl methyl sites for hydroxylation is 1. The van der Waals surface area contributed by atoms with Gasteiger partial charge in [0.05, 0.1) is 6.21 Å². The summed E-state index contributed by atoms with van der Waals surface area (Å²) in [6.07, 6.45) is 1.48. The van der Waals surface area contributed by atoms with E-state index in [9.17, 15) is 8.42 Å². The summed E-state index contributed by atoms with van der Waals surface area (Å²) in [7, 11) is -0.193. The van der Waals surface area contributed by atoms with E-state index in [0.717, 1.165) is 15.9 Å². The number of aromatic nitrogens is 2. The Morgan fingerprint density at radius 3 is 2.42 bits per heavy atom. The van der Waals surface area contributed by atoms with Crippen molar-refractivity contribution < 1.29 is 12.6 Å². The first-order valence-corrected chi connectivity index (χ1v) is 12.4. The standard InChI is InChI=1S/C23H26BrN5O3S/c1-15(2)23-26-21(13-22(27-23)29(4)5)28-25-14-17-12-18(24)8-11-20(17)32-33(30,31)19-9-6-16(3)7-10-19/h6-15H,1-5H3,(H,26,27,28). The Hall–Kier alpha value is -2.98. The fourth-order valence-corrected chi connectivity index (χ4v) is 4.07. The van der Waals surface area contributed by atoms with Gasteiger partial charge in [0.1, 0.15) is 16.5 Å². The lowest BCUT2D eigenvalue weighted by atomic mass is 10.2. The summed E-state index contributed by atoms with van der Waals surface area (Å²) in [5.74, 6) is 2.27. The molecule has 1 N–H and O–H groups in total. The number of rotatable bonds is 8. The summed E-state index contributed by atoms with van der Waals surface area (Å²) in [5.41, 5.74) is 4.33. The lowest BCUT2D eigenvalue weighted by Crippen LogP contribution is -2.14. The van der Waals surface area contributed by atoms with Gasteiger partial charge in [0.15, 0.2) is 11.6 Å². The molecule has 3 aromatic rings. The summed E-state index contributed by atoms with van der Waals surface area (Å²) in [6.45, 7) is 5.92. The van der Waals surface area contributed by atoms with Gasteiger partial charge in [-0.1, -0.05) is 47.5 Å². The summed E-state index contributed by atoms with van der Waals surface area (Å²) in [4.78, 5) is 11.0. The molecule has 0 fully saturated rings. The molecule has 0 radical (unpaired) electrons. The molecule has 0 spiro atoms. The van der Waals surface area contributed by atoms with Crippen molar-refractivity contribution in [3.8, 4) is 5.75 Å². The predicted molar refractivity (Wildman–Crippen MR) is 135 cm³/mol. The van der Waals surface area contributed by atoms with E-state index < -0.39 is 10.1 Å². The molecule has 0 aliphatic rings. The maximum atomic E-state index is 12.7. The lowest BCUT2D eigenvalue weighted by Gasteiger charge is -2.15. The van der Waals surface area contributed by atoms with E-state index in [1.54, 1.807) is 36.4 Å². The number of hydrogen-bond donors (Lipinski definition) is 1. The maximum Gasteiger partial charge on any atom is 0.339 e. The Balaban J connectivity index is 1.86. The Morgan fingerprint density at radius 1 is 1.09 bits per heavy atom. The van der Waals surface area contributed by atoms with Crippen molar-refractivity contribution in [2.75, 3.05) is 24.4 Å². The highest BCUT2D eigenvalue weighted by Crippen LogP contribution is 2.26. The zero-order chi connectivity index (χ0) is 24.2. The van der Waals surface area contributed by atoms with Crippen LogP contribution in [0.15, 0.2) is 63.0 Å². The molecule has 0 aliphatic carbocycles. The third kappa shape index (κ3) is 6.52. The summed E-state index contributed by atoms with van der Waals surface area (Å²) in [6, 6.07) is 13.2. The number of nitrogens with zero attached hydrogens (tertiary/aromatic N) is 4. The number of hydrazone groups is 1. The molecule has 10 heteroatoms. The second-order valence-corrected chi connectivity index (χ2v) is 10.4. The summed E-state index contributed by atoms with van der Waals surface area (Å²) in [5, 5.41) is 4.25. The fraction of sp³-hybridized carbons (Fsp3) is 0.261. The van der Waals surface area contributed by atoms with Crippen molar-refractivity contribution in [3.63, 3.8) is 0 Å². The Bertz CT molecular complexity index is 1230. The van der Waals surface area contributed by atoms with Gasteiger partial charge in [0.25, 0.3) is 0 Å². The van der Waals surface area contributed by atoms with Gasteiger partial charge in [0.2, 0.25) is 0 Å². The molecule has 2 aromatic carbocycles. The number of anilines is 2. The topological polar surface area (TPSA) is 96.8 Å². The van der Waals surface area contributed by atoms with Crippen LogP contribution in [0.25, 0.3) is 0 Å². The molecule has 8 nitrogen and oxygen atoms in total. The number of benzene rings is 2. The molecule has 0 bridgehead atoms. The van der Waals surface area contributed by atoms with E-state index in [0.29, 0.717) is 17.2 Å². The summed E-state index contributed by atoms with van der Waals surface area (Å²) < 4.78 is 31.6. The van der Waals surface area contributed by atoms with Gasteiger partial charge in [0, 0.05) is 36.1 Å². The van der Waals surface area contributed by atoms with Gasteiger partial charge in [-0.3, -0.25) is 5.43 Å². The average Bonchev–Trinajstić information content (AvgIpc) is 2.75. The van der Waals surface area contributed by atoms with Gasteiger partial charge < -0.3 is 9.08 Å². The van der Waals surface area contributed by atoms with Crippen LogP contribution in [0.3, 0.4) is 0 Å². The molecular weight excluding hydrogens is 506 g/mol. The minimum Gasteiger partial charge on any atom is -0.378 e. The van der Waals surface area contributed by atoms with E-state index >= 15 is 0 Å². The molecule has 0 aliphatic heterocycles. The van der Waals surface area contributed by atoms with Crippen LogP contribution in [-0.4, -0.2) is 38.7 Å². The number of halogens is 1. The van der Waals surface area contributed by atoms with E-state index in [-0.39, 0.29) is 16.6 Å². The van der Waals surface area contributed by atoms with Crippen LogP contribution in [0, 0.1) is 6.92 Å². The molecule has 0 amide bonds. The van der Waals surface area contributed by atoms with Crippen molar-refractivity contribution in [2.24, 2.45) is 5.10 Å². The van der Waals surface area contributed by atoms with E-state index in [2.05, 4.69) is 36.4 Å².